The lowest BCUT2D eigenvalue weighted by Gasteiger charge is -1.96. The number of nitro groups is 1. The maximum atomic E-state index is 10.6. The van der Waals surface area contributed by atoms with Gasteiger partial charge in [0.25, 0.3) is 11.6 Å². The van der Waals surface area contributed by atoms with Crippen molar-refractivity contribution in [3.8, 4) is 17.2 Å². The van der Waals surface area contributed by atoms with Gasteiger partial charge in [0.1, 0.15) is 5.75 Å². The average Bonchev–Trinajstić information content (AvgIpc) is 3.02. The number of nitrogens with zero attached hydrogens (tertiary/aromatic N) is 3. The fourth-order valence-electron chi connectivity index (χ4n) is 1.94. The molecule has 0 amide bonds. The summed E-state index contributed by atoms with van der Waals surface area (Å²) in [5, 5.41) is 24.1. The van der Waals surface area contributed by atoms with E-state index < -0.39 is 4.92 Å². The Bertz CT molecular complexity index is 869. The third-order valence-electron chi connectivity index (χ3n) is 3.10. The molecule has 114 valence electrons. The minimum Gasteiger partial charge on any atom is -0.507 e. The highest BCUT2D eigenvalue weighted by Crippen LogP contribution is 2.27. The topological polar surface area (TPSA) is 102 Å². The van der Waals surface area contributed by atoms with Crippen LogP contribution in [0.5, 0.6) is 5.75 Å². The van der Waals surface area contributed by atoms with Crippen molar-refractivity contribution < 1.29 is 14.6 Å². The predicted octanol–water partition coefficient (Wildman–Crippen LogP) is 3.52. The molecule has 0 spiro atoms. The molecular formula is C16H11N3O4. The summed E-state index contributed by atoms with van der Waals surface area (Å²) in [4.78, 5) is 14.3. The molecule has 0 bridgehead atoms. The fourth-order valence-corrected chi connectivity index (χ4v) is 1.94. The highest BCUT2D eigenvalue weighted by Gasteiger charge is 2.10. The molecule has 0 radical (unpaired) electrons. The number of para-hydroxylation sites is 1. The van der Waals surface area contributed by atoms with Crippen LogP contribution in [-0.4, -0.2) is 20.2 Å². The SMILES string of the molecule is O=[N+]([O-])c1ccc(/C=C/c2noc(-c3ccccc3O)n2)cc1. The Morgan fingerprint density at radius 2 is 1.83 bits per heavy atom. The van der Waals surface area contributed by atoms with E-state index in [1.165, 1.54) is 18.2 Å². The number of benzene rings is 2. The van der Waals surface area contributed by atoms with E-state index in [1.54, 1.807) is 42.5 Å². The molecule has 0 saturated carbocycles. The van der Waals surface area contributed by atoms with Gasteiger partial charge in [0.05, 0.1) is 10.5 Å². The standard InChI is InChI=1S/C16H11N3O4/c20-14-4-2-1-3-13(14)16-17-15(18-23-16)10-7-11-5-8-12(9-6-11)19(21)22/h1-10,20H/b10-7+. The quantitative estimate of drug-likeness (QED) is 0.584. The first-order chi connectivity index (χ1) is 11.1. The van der Waals surface area contributed by atoms with Crippen LogP contribution in [0.4, 0.5) is 5.69 Å². The molecule has 0 aliphatic carbocycles. The van der Waals surface area contributed by atoms with Crippen molar-refractivity contribution in [2.75, 3.05) is 0 Å². The molecule has 0 unspecified atom stereocenters. The van der Waals surface area contributed by atoms with Crippen LogP contribution in [0.1, 0.15) is 11.4 Å². The zero-order valence-corrected chi connectivity index (χ0v) is 11.8. The number of hydrogen-bond acceptors (Lipinski definition) is 6. The number of phenolic OH excluding ortho intramolecular Hbond substituents is 1. The van der Waals surface area contributed by atoms with Gasteiger partial charge >= 0.3 is 0 Å². The van der Waals surface area contributed by atoms with E-state index in [4.69, 9.17) is 4.52 Å². The van der Waals surface area contributed by atoms with E-state index in [-0.39, 0.29) is 17.3 Å². The molecule has 7 heteroatoms. The monoisotopic (exact) mass is 309 g/mol. The largest absolute Gasteiger partial charge is 0.507 e. The van der Waals surface area contributed by atoms with Gasteiger partial charge in [0, 0.05) is 12.1 Å². The van der Waals surface area contributed by atoms with Gasteiger partial charge in [-0.05, 0) is 35.9 Å². The number of non-ortho nitro benzene ring substituents is 1. The van der Waals surface area contributed by atoms with E-state index in [0.29, 0.717) is 11.4 Å². The third-order valence-corrected chi connectivity index (χ3v) is 3.10. The van der Waals surface area contributed by atoms with Crippen LogP contribution in [0.2, 0.25) is 0 Å². The molecule has 1 aromatic heterocycles. The second kappa shape index (κ2) is 6.10. The van der Waals surface area contributed by atoms with Crippen LogP contribution in [0, 0.1) is 10.1 Å². The Labute approximate surface area is 130 Å². The van der Waals surface area contributed by atoms with Gasteiger partial charge in [-0.3, -0.25) is 10.1 Å². The number of aromatic hydroxyl groups is 1. The van der Waals surface area contributed by atoms with Gasteiger partial charge in [-0.2, -0.15) is 4.98 Å². The Morgan fingerprint density at radius 1 is 1.09 bits per heavy atom. The van der Waals surface area contributed by atoms with E-state index in [1.807, 2.05) is 0 Å². The van der Waals surface area contributed by atoms with Crippen LogP contribution in [0.3, 0.4) is 0 Å². The number of hydrogen-bond donors (Lipinski definition) is 1. The second-order valence-corrected chi connectivity index (χ2v) is 4.66. The van der Waals surface area contributed by atoms with E-state index >= 15 is 0 Å². The molecule has 7 nitrogen and oxygen atoms in total. The molecule has 3 aromatic rings. The fraction of sp³-hybridized carbons (Fsp3) is 0. The summed E-state index contributed by atoms with van der Waals surface area (Å²) < 4.78 is 5.11. The molecule has 1 N–H and O–H groups in total. The van der Waals surface area contributed by atoms with Crippen molar-refractivity contribution in [2.24, 2.45) is 0 Å². The normalized spacial score (nSPS) is 11.0. The van der Waals surface area contributed by atoms with Crippen LogP contribution < -0.4 is 0 Å². The maximum absolute atomic E-state index is 10.6. The average molecular weight is 309 g/mol. The summed E-state index contributed by atoms with van der Waals surface area (Å²) in [6.07, 6.45) is 3.33. The predicted molar refractivity (Wildman–Crippen MR) is 83.4 cm³/mol. The summed E-state index contributed by atoms with van der Waals surface area (Å²) in [5.41, 5.74) is 1.25. The highest BCUT2D eigenvalue weighted by atomic mass is 16.6. The number of phenols is 1. The van der Waals surface area contributed by atoms with Crippen molar-refractivity contribution in [2.45, 2.75) is 0 Å². The first-order valence-electron chi connectivity index (χ1n) is 6.68. The Hall–Kier alpha value is -3.48. The lowest BCUT2D eigenvalue weighted by Crippen LogP contribution is -1.86. The second-order valence-electron chi connectivity index (χ2n) is 4.66. The van der Waals surface area contributed by atoms with Gasteiger partial charge in [0.15, 0.2) is 5.82 Å². The van der Waals surface area contributed by atoms with Crippen LogP contribution in [0.15, 0.2) is 53.1 Å². The zero-order chi connectivity index (χ0) is 16.2. The molecule has 23 heavy (non-hydrogen) atoms. The summed E-state index contributed by atoms with van der Waals surface area (Å²) in [7, 11) is 0. The smallest absolute Gasteiger partial charge is 0.269 e. The molecule has 0 aliphatic heterocycles. The summed E-state index contributed by atoms with van der Waals surface area (Å²) in [5.74, 6) is 0.607. The molecule has 1 heterocycles. The van der Waals surface area contributed by atoms with Crippen molar-refractivity contribution in [3.05, 3.63) is 70.0 Å². The number of rotatable bonds is 4. The number of aromatic nitrogens is 2. The van der Waals surface area contributed by atoms with Crippen LogP contribution in [0.25, 0.3) is 23.6 Å². The van der Waals surface area contributed by atoms with E-state index in [9.17, 15) is 15.2 Å². The van der Waals surface area contributed by atoms with Gasteiger partial charge in [0.2, 0.25) is 0 Å². The van der Waals surface area contributed by atoms with Crippen LogP contribution >= 0.6 is 0 Å². The Kier molecular flexibility index (Phi) is 3.84. The Balaban J connectivity index is 1.79. The first-order valence-corrected chi connectivity index (χ1v) is 6.68. The van der Waals surface area contributed by atoms with E-state index in [2.05, 4.69) is 10.1 Å². The molecule has 3 rings (SSSR count). The summed E-state index contributed by atoms with van der Waals surface area (Å²) in [6.45, 7) is 0. The maximum Gasteiger partial charge on any atom is 0.269 e. The summed E-state index contributed by atoms with van der Waals surface area (Å²) >= 11 is 0. The molecule has 0 atom stereocenters. The highest BCUT2D eigenvalue weighted by molar-refractivity contribution is 5.68. The van der Waals surface area contributed by atoms with Gasteiger partial charge in [-0.15, -0.1) is 0 Å². The van der Waals surface area contributed by atoms with Crippen LogP contribution in [-0.2, 0) is 0 Å². The molecule has 2 aromatic carbocycles. The van der Waals surface area contributed by atoms with Crippen molar-refractivity contribution in [1.29, 1.82) is 0 Å². The van der Waals surface area contributed by atoms with Gasteiger partial charge in [-0.25, -0.2) is 0 Å². The summed E-state index contributed by atoms with van der Waals surface area (Å²) in [6, 6.07) is 12.7. The lowest BCUT2D eigenvalue weighted by atomic mass is 10.2. The third kappa shape index (κ3) is 3.24. The zero-order valence-electron chi connectivity index (χ0n) is 11.8. The van der Waals surface area contributed by atoms with Crippen molar-refractivity contribution in [3.63, 3.8) is 0 Å². The minimum atomic E-state index is -0.453. The van der Waals surface area contributed by atoms with Gasteiger partial charge in [-0.1, -0.05) is 23.4 Å². The van der Waals surface area contributed by atoms with Gasteiger partial charge < -0.3 is 9.63 Å². The molecule has 0 saturated heterocycles. The number of nitro benzene ring substituents is 1. The molecule has 0 fully saturated rings. The minimum absolute atomic E-state index is 0.0311. The van der Waals surface area contributed by atoms with Crippen molar-refractivity contribution in [1.82, 2.24) is 10.1 Å². The molecular weight excluding hydrogens is 298 g/mol. The Morgan fingerprint density at radius 3 is 2.52 bits per heavy atom. The van der Waals surface area contributed by atoms with Crippen molar-refractivity contribution >= 4 is 17.8 Å². The lowest BCUT2D eigenvalue weighted by molar-refractivity contribution is -0.384. The first kappa shape index (κ1) is 14.5. The molecule has 0 aliphatic rings. The van der Waals surface area contributed by atoms with E-state index in [0.717, 1.165) is 5.56 Å².